The number of benzene rings is 1. The number of imide groups is 3. The third-order valence-corrected chi connectivity index (χ3v) is 4.47. The molecule has 4 N–H and O–H groups in total. The molecule has 0 saturated heterocycles. The van der Waals surface area contributed by atoms with E-state index in [1.807, 2.05) is 0 Å². The molecule has 14 nitrogen and oxygen atoms in total. The van der Waals surface area contributed by atoms with Crippen molar-refractivity contribution in [2.75, 3.05) is 13.2 Å². The van der Waals surface area contributed by atoms with E-state index >= 15 is 0 Å². The monoisotopic (exact) mass is 566 g/mol. The molecule has 0 radical (unpaired) electrons. The Morgan fingerprint density at radius 1 is 0.750 bits per heavy atom. The average molecular weight is 567 g/mol. The third kappa shape index (κ3) is 13.3. The normalized spacial score (nSPS) is 12.6. The summed E-state index contributed by atoms with van der Waals surface area (Å²) in [6, 6.07) is 6.42. The van der Waals surface area contributed by atoms with Gasteiger partial charge in [0.1, 0.15) is 11.2 Å². The minimum Gasteiger partial charge on any atom is -0.444 e. The number of fused-ring (bicyclic) bond motifs is 1. The molecule has 14 heteroatoms. The summed E-state index contributed by atoms with van der Waals surface area (Å²) in [4.78, 5) is 78.8. The number of nitrogens with zero attached hydrogens (tertiary/aromatic N) is 1. The lowest BCUT2D eigenvalue weighted by Gasteiger charge is -2.19. The fourth-order valence-corrected chi connectivity index (χ4v) is 2.95. The molecule has 0 fully saturated rings. The van der Waals surface area contributed by atoms with Crippen molar-refractivity contribution < 1.29 is 47.9 Å². The molecule has 0 bridgehead atoms. The number of amides is 6. The lowest BCUT2D eigenvalue weighted by Crippen LogP contribution is -2.36. The van der Waals surface area contributed by atoms with Crippen LogP contribution in [-0.4, -0.2) is 65.3 Å². The summed E-state index contributed by atoms with van der Waals surface area (Å²) in [6.45, 7) is 10.5. The first-order valence-corrected chi connectivity index (χ1v) is 12.5. The molecular formula is C26H38N4O10. The number of carbonyl (C=O) groups is 6. The number of ether oxygens (including phenoxy) is 2. The van der Waals surface area contributed by atoms with Crippen LogP contribution in [0, 0.1) is 0 Å². The Hall–Kier alpha value is -3.88. The number of nitrogens with two attached hydrogens (primary N) is 1. The van der Waals surface area contributed by atoms with Crippen LogP contribution in [0.5, 0.6) is 0 Å². The van der Waals surface area contributed by atoms with Crippen LogP contribution < -0.4 is 16.5 Å². The van der Waals surface area contributed by atoms with E-state index in [0.717, 1.165) is 0 Å². The number of carbonyl (C=O) groups excluding carboxylic acids is 6. The van der Waals surface area contributed by atoms with Crippen molar-refractivity contribution >= 4 is 35.8 Å². The van der Waals surface area contributed by atoms with Crippen LogP contribution >= 0.6 is 0 Å². The van der Waals surface area contributed by atoms with Crippen molar-refractivity contribution in [1.29, 1.82) is 0 Å². The second kappa shape index (κ2) is 15.6. The zero-order valence-electron chi connectivity index (χ0n) is 23.7. The second-order valence-corrected chi connectivity index (χ2v) is 10.5. The van der Waals surface area contributed by atoms with E-state index in [0.29, 0.717) is 11.5 Å². The summed E-state index contributed by atoms with van der Waals surface area (Å²) in [5.41, 5.74) is -0.728. The Morgan fingerprint density at radius 2 is 1.15 bits per heavy atom. The predicted octanol–water partition coefficient (Wildman–Crippen LogP) is 2.75. The van der Waals surface area contributed by atoms with Crippen LogP contribution in [0.2, 0.25) is 0 Å². The quantitative estimate of drug-likeness (QED) is 0.226. The molecule has 1 aromatic rings. The molecule has 1 aliphatic heterocycles. The first-order valence-electron chi connectivity index (χ1n) is 12.5. The smallest absolute Gasteiger partial charge is 0.414 e. The van der Waals surface area contributed by atoms with Gasteiger partial charge in [-0.15, -0.1) is 5.06 Å². The molecule has 6 amide bonds. The Bertz CT molecular complexity index is 1040. The van der Waals surface area contributed by atoms with Gasteiger partial charge >= 0.3 is 12.2 Å². The zero-order chi connectivity index (χ0) is 30.5. The highest BCUT2D eigenvalue weighted by atomic mass is 16.7. The summed E-state index contributed by atoms with van der Waals surface area (Å²) in [6.07, 6.45) is -0.702. The molecule has 1 aromatic carbocycles. The van der Waals surface area contributed by atoms with Gasteiger partial charge in [0.05, 0.1) is 24.3 Å². The van der Waals surface area contributed by atoms with E-state index in [4.69, 9.17) is 20.2 Å². The van der Waals surface area contributed by atoms with Gasteiger partial charge in [0, 0.05) is 12.8 Å². The highest BCUT2D eigenvalue weighted by molar-refractivity contribution is 6.20. The fraction of sp³-hybridized carbons (Fsp3) is 0.538. The molecule has 0 spiro atoms. The minimum atomic E-state index is -0.821. The van der Waals surface area contributed by atoms with Crippen LogP contribution in [0.4, 0.5) is 9.59 Å². The largest absolute Gasteiger partial charge is 0.444 e. The van der Waals surface area contributed by atoms with Gasteiger partial charge < -0.3 is 14.3 Å². The average Bonchev–Trinajstić information content (AvgIpc) is 3.04. The van der Waals surface area contributed by atoms with E-state index in [9.17, 15) is 28.8 Å². The van der Waals surface area contributed by atoms with Gasteiger partial charge in [-0.1, -0.05) is 12.1 Å². The first kappa shape index (κ1) is 34.1. The molecule has 2 rings (SSSR count). The molecule has 1 aliphatic rings. The Morgan fingerprint density at radius 3 is 1.52 bits per heavy atom. The van der Waals surface area contributed by atoms with Gasteiger partial charge in [0.25, 0.3) is 11.8 Å². The number of hydrogen-bond acceptors (Lipinski definition) is 11. The summed E-state index contributed by atoms with van der Waals surface area (Å²) >= 11 is 0. The van der Waals surface area contributed by atoms with Gasteiger partial charge in [0.15, 0.2) is 0 Å². The molecule has 0 aliphatic carbocycles. The zero-order valence-corrected chi connectivity index (χ0v) is 23.7. The first-order chi connectivity index (χ1) is 18.5. The highest BCUT2D eigenvalue weighted by Gasteiger charge is 2.36. The Balaban J connectivity index is 0.000000459. The molecule has 0 aromatic heterocycles. The van der Waals surface area contributed by atoms with Crippen molar-refractivity contribution in [3.63, 3.8) is 0 Å². The number of hydroxylamine groups is 2. The molecule has 0 saturated carbocycles. The second-order valence-electron chi connectivity index (χ2n) is 10.5. The van der Waals surface area contributed by atoms with Gasteiger partial charge in [-0.25, -0.2) is 15.5 Å². The van der Waals surface area contributed by atoms with E-state index in [2.05, 4.69) is 15.5 Å². The SMILES string of the molecule is CC(C)(C)OC(=O)NC(=O)CCCON.CC(C)(C)OC(=O)NC(=O)CCCON1C(=O)c2ccccc2C1=O. The molecule has 222 valence electrons. The lowest BCUT2D eigenvalue weighted by atomic mass is 10.1. The van der Waals surface area contributed by atoms with Crippen molar-refractivity contribution in [3.8, 4) is 0 Å². The third-order valence-electron chi connectivity index (χ3n) is 4.47. The van der Waals surface area contributed by atoms with Gasteiger partial charge in [-0.3, -0.25) is 34.6 Å². The lowest BCUT2D eigenvalue weighted by molar-refractivity contribution is -0.123. The van der Waals surface area contributed by atoms with E-state index in [-0.39, 0.29) is 43.6 Å². The number of alkyl carbamates (subject to hydrolysis) is 2. The van der Waals surface area contributed by atoms with Crippen molar-refractivity contribution in [3.05, 3.63) is 35.4 Å². The van der Waals surface area contributed by atoms with Crippen LogP contribution in [0.1, 0.15) is 87.9 Å². The maximum absolute atomic E-state index is 12.1. The highest BCUT2D eigenvalue weighted by Crippen LogP contribution is 2.22. The maximum atomic E-state index is 12.1. The molecule has 0 atom stereocenters. The predicted molar refractivity (Wildman–Crippen MR) is 140 cm³/mol. The minimum absolute atomic E-state index is 0.0115. The summed E-state index contributed by atoms with van der Waals surface area (Å²) in [5.74, 6) is 2.79. The van der Waals surface area contributed by atoms with Crippen LogP contribution in [0.3, 0.4) is 0 Å². The van der Waals surface area contributed by atoms with E-state index in [1.54, 1.807) is 65.8 Å². The van der Waals surface area contributed by atoms with E-state index < -0.39 is 47.0 Å². The molecule has 1 heterocycles. The summed E-state index contributed by atoms with van der Waals surface area (Å²) in [5, 5.41) is 4.88. The van der Waals surface area contributed by atoms with Gasteiger partial charge in [-0.2, -0.15) is 0 Å². The van der Waals surface area contributed by atoms with E-state index in [1.165, 1.54) is 0 Å². The van der Waals surface area contributed by atoms with Crippen molar-refractivity contribution in [1.82, 2.24) is 15.7 Å². The van der Waals surface area contributed by atoms with Gasteiger partial charge in [-0.05, 0) is 66.5 Å². The number of nitrogens with one attached hydrogen (secondary N) is 2. The molecule has 0 unspecified atom stereocenters. The summed E-state index contributed by atoms with van der Waals surface area (Å²) < 4.78 is 9.85. The molecular weight excluding hydrogens is 528 g/mol. The van der Waals surface area contributed by atoms with Crippen molar-refractivity contribution in [2.24, 2.45) is 5.90 Å². The topological polar surface area (TPSA) is 193 Å². The van der Waals surface area contributed by atoms with Gasteiger partial charge in [0.2, 0.25) is 11.8 Å². The van der Waals surface area contributed by atoms with Crippen LogP contribution in [0.25, 0.3) is 0 Å². The maximum Gasteiger partial charge on any atom is 0.414 e. The summed E-state index contributed by atoms with van der Waals surface area (Å²) in [7, 11) is 0. The Labute approximate surface area is 232 Å². The molecule has 40 heavy (non-hydrogen) atoms. The number of rotatable bonds is 9. The standard InChI is InChI=1S/C17H20N2O6.C9H18N2O4/c1-17(2,3)25-16(23)18-13(20)9-6-10-24-19-14(21)11-7-4-5-8-12(11)15(19)22;1-9(2,3)15-8(13)11-7(12)5-4-6-14-10/h4-5,7-8H,6,9-10H2,1-3H3,(H,18,20,23);4-6,10H2,1-3H3,(H,11,12,13). The Kier molecular flexibility index (Phi) is 13.4. The van der Waals surface area contributed by atoms with Crippen LogP contribution in [-0.2, 0) is 28.7 Å². The fourth-order valence-electron chi connectivity index (χ4n) is 2.95. The van der Waals surface area contributed by atoms with Crippen molar-refractivity contribution in [2.45, 2.75) is 78.4 Å². The van der Waals surface area contributed by atoms with Crippen LogP contribution in [0.15, 0.2) is 24.3 Å². The number of hydrogen-bond donors (Lipinski definition) is 3.